The second kappa shape index (κ2) is 7.52. The van der Waals surface area contributed by atoms with Crippen LogP contribution in [0.1, 0.15) is 19.4 Å². The lowest BCUT2D eigenvalue weighted by Gasteiger charge is -2.20. The van der Waals surface area contributed by atoms with E-state index in [9.17, 15) is 8.42 Å². The van der Waals surface area contributed by atoms with Crippen LogP contribution in [0.15, 0.2) is 47.6 Å². The number of anilines is 3. The van der Waals surface area contributed by atoms with Crippen LogP contribution in [0.2, 0.25) is 0 Å². The average molecular weight is 385 g/mol. The molecule has 0 spiro atoms. The van der Waals surface area contributed by atoms with E-state index in [4.69, 9.17) is 0 Å². The van der Waals surface area contributed by atoms with Gasteiger partial charge in [-0.3, -0.25) is 0 Å². The zero-order valence-electron chi connectivity index (χ0n) is 16.0. The number of nitrogens with zero attached hydrogens (tertiary/aromatic N) is 3. The Kier molecular flexibility index (Phi) is 5.32. The van der Waals surface area contributed by atoms with E-state index < -0.39 is 9.84 Å². The third-order valence-electron chi connectivity index (χ3n) is 4.55. The molecule has 27 heavy (non-hydrogen) atoms. The van der Waals surface area contributed by atoms with E-state index in [0.29, 0.717) is 16.4 Å². The first-order valence-corrected chi connectivity index (χ1v) is 10.6. The maximum atomic E-state index is 12.3. The first kappa shape index (κ1) is 19.1. The van der Waals surface area contributed by atoms with Crippen LogP contribution in [0, 0.1) is 0 Å². The van der Waals surface area contributed by atoms with Crippen molar-refractivity contribution >= 4 is 37.9 Å². The molecule has 0 atom stereocenters. The summed E-state index contributed by atoms with van der Waals surface area (Å²) in [5.74, 6) is 0.716. The molecule has 0 amide bonds. The smallest absolute Gasteiger partial charge is 0.178 e. The van der Waals surface area contributed by atoms with Crippen molar-refractivity contribution in [2.45, 2.75) is 25.2 Å². The van der Waals surface area contributed by atoms with Gasteiger partial charge in [0.05, 0.1) is 27.5 Å². The largest absolute Gasteiger partial charge is 0.376 e. The SMILES string of the molecule is CCc1ccc2ncnc(Nc3cc(S(=O)(=O)CC)ccc3N(C)C)c2c1. The minimum absolute atomic E-state index is 0.0596. The van der Waals surface area contributed by atoms with Gasteiger partial charge in [0.15, 0.2) is 9.84 Å². The van der Waals surface area contributed by atoms with Gasteiger partial charge < -0.3 is 10.2 Å². The van der Waals surface area contributed by atoms with E-state index in [2.05, 4.69) is 34.3 Å². The summed E-state index contributed by atoms with van der Waals surface area (Å²) in [4.78, 5) is 11.0. The molecule has 0 fully saturated rings. The molecule has 6 nitrogen and oxygen atoms in total. The highest BCUT2D eigenvalue weighted by Gasteiger charge is 2.16. The van der Waals surface area contributed by atoms with Gasteiger partial charge in [0.25, 0.3) is 0 Å². The second-order valence-electron chi connectivity index (χ2n) is 6.53. The molecule has 3 aromatic rings. The van der Waals surface area contributed by atoms with E-state index in [0.717, 1.165) is 23.0 Å². The topological polar surface area (TPSA) is 75.2 Å². The molecule has 0 saturated carbocycles. The van der Waals surface area contributed by atoms with Gasteiger partial charge in [-0.2, -0.15) is 0 Å². The predicted octanol–water partition coefficient (Wildman–Crippen LogP) is 3.80. The molecule has 1 heterocycles. The van der Waals surface area contributed by atoms with Crippen LogP contribution >= 0.6 is 0 Å². The third-order valence-corrected chi connectivity index (χ3v) is 6.28. The van der Waals surface area contributed by atoms with E-state index in [1.807, 2.05) is 31.1 Å². The van der Waals surface area contributed by atoms with Gasteiger partial charge in [-0.05, 0) is 42.3 Å². The summed E-state index contributed by atoms with van der Waals surface area (Å²) in [6, 6.07) is 11.2. The number of aryl methyl sites for hydroxylation is 1. The maximum absolute atomic E-state index is 12.3. The van der Waals surface area contributed by atoms with Gasteiger partial charge >= 0.3 is 0 Å². The monoisotopic (exact) mass is 384 g/mol. The molecule has 0 unspecified atom stereocenters. The summed E-state index contributed by atoms with van der Waals surface area (Å²) < 4.78 is 24.6. The van der Waals surface area contributed by atoms with Crippen LogP contribution < -0.4 is 10.2 Å². The van der Waals surface area contributed by atoms with Crippen LogP contribution in [0.5, 0.6) is 0 Å². The molecule has 1 aromatic heterocycles. The number of hydrogen-bond acceptors (Lipinski definition) is 6. The van der Waals surface area contributed by atoms with Crippen molar-refractivity contribution in [2.75, 3.05) is 30.1 Å². The number of aromatic nitrogens is 2. The molecule has 2 aromatic carbocycles. The molecule has 3 rings (SSSR count). The summed E-state index contributed by atoms with van der Waals surface area (Å²) in [6.07, 6.45) is 2.43. The van der Waals surface area contributed by atoms with Gasteiger partial charge in [0, 0.05) is 19.5 Å². The fraction of sp³-hybridized carbons (Fsp3) is 0.300. The summed E-state index contributed by atoms with van der Waals surface area (Å²) in [7, 11) is 0.537. The lowest BCUT2D eigenvalue weighted by atomic mass is 10.1. The van der Waals surface area contributed by atoms with E-state index in [1.165, 1.54) is 11.9 Å². The van der Waals surface area contributed by atoms with Crippen molar-refractivity contribution in [3.8, 4) is 0 Å². The molecule has 0 radical (unpaired) electrons. The Morgan fingerprint density at radius 2 is 1.81 bits per heavy atom. The molecule has 7 heteroatoms. The van der Waals surface area contributed by atoms with Gasteiger partial charge in [-0.25, -0.2) is 18.4 Å². The molecule has 142 valence electrons. The van der Waals surface area contributed by atoms with Crippen molar-refractivity contribution in [2.24, 2.45) is 0 Å². The summed E-state index contributed by atoms with van der Waals surface area (Å²) in [5.41, 5.74) is 3.60. The van der Waals surface area contributed by atoms with E-state index >= 15 is 0 Å². The van der Waals surface area contributed by atoms with Crippen molar-refractivity contribution in [1.29, 1.82) is 0 Å². The quantitative estimate of drug-likeness (QED) is 0.697. The predicted molar refractivity (Wildman–Crippen MR) is 111 cm³/mol. The highest BCUT2D eigenvalue weighted by atomic mass is 32.2. The van der Waals surface area contributed by atoms with Crippen molar-refractivity contribution in [3.05, 3.63) is 48.3 Å². The lowest BCUT2D eigenvalue weighted by molar-refractivity contribution is 0.597. The van der Waals surface area contributed by atoms with Crippen LogP contribution in [0.3, 0.4) is 0 Å². The van der Waals surface area contributed by atoms with Crippen molar-refractivity contribution in [1.82, 2.24) is 9.97 Å². The van der Waals surface area contributed by atoms with Gasteiger partial charge in [-0.1, -0.05) is 19.9 Å². The molecule has 0 aliphatic heterocycles. The normalized spacial score (nSPS) is 11.6. The molecular weight excluding hydrogens is 360 g/mol. The zero-order valence-corrected chi connectivity index (χ0v) is 16.8. The standard InChI is InChI=1S/C20H24N4O2S/c1-5-14-7-9-17-16(11-14)20(22-13-21-17)23-18-12-15(27(25,26)6-2)8-10-19(18)24(3)4/h7-13H,5-6H2,1-4H3,(H,21,22,23). The Bertz CT molecular complexity index is 1080. The van der Waals surface area contributed by atoms with Crippen LogP contribution in [-0.2, 0) is 16.3 Å². The maximum Gasteiger partial charge on any atom is 0.178 e. The highest BCUT2D eigenvalue weighted by molar-refractivity contribution is 7.91. The fourth-order valence-corrected chi connectivity index (χ4v) is 3.82. The van der Waals surface area contributed by atoms with Crippen LogP contribution in [0.25, 0.3) is 10.9 Å². The molecule has 0 bridgehead atoms. The first-order valence-electron chi connectivity index (χ1n) is 8.90. The Labute approximate surface area is 160 Å². The summed E-state index contributed by atoms with van der Waals surface area (Å²) >= 11 is 0. The van der Waals surface area contributed by atoms with Gasteiger partial charge in [0.2, 0.25) is 0 Å². The van der Waals surface area contributed by atoms with E-state index in [1.54, 1.807) is 19.1 Å². The molecule has 1 N–H and O–H groups in total. The lowest BCUT2D eigenvalue weighted by Crippen LogP contribution is -2.13. The average Bonchev–Trinajstić information content (AvgIpc) is 2.67. The Hall–Kier alpha value is -2.67. The van der Waals surface area contributed by atoms with Crippen molar-refractivity contribution in [3.63, 3.8) is 0 Å². The number of fused-ring (bicyclic) bond motifs is 1. The molecule has 0 saturated heterocycles. The fourth-order valence-electron chi connectivity index (χ4n) is 2.92. The molecule has 0 aliphatic carbocycles. The number of rotatable bonds is 6. The number of benzene rings is 2. The molecule has 0 aliphatic rings. The summed E-state index contributed by atoms with van der Waals surface area (Å²) in [6.45, 7) is 3.74. The van der Waals surface area contributed by atoms with Gasteiger partial charge in [0.1, 0.15) is 12.1 Å². The third kappa shape index (κ3) is 3.88. The number of sulfone groups is 1. The summed E-state index contributed by atoms with van der Waals surface area (Å²) in [5, 5.41) is 4.24. The Morgan fingerprint density at radius 1 is 1.04 bits per heavy atom. The zero-order chi connectivity index (χ0) is 19.6. The first-order chi connectivity index (χ1) is 12.9. The number of hydrogen-bond donors (Lipinski definition) is 1. The van der Waals surface area contributed by atoms with Crippen LogP contribution in [-0.4, -0.2) is 38.2 Å². The van der Waals surface area contributed by atoms with Crippen LogP contribution in [0.4, 0.5) is 17.2 Å². The second-order valence-corrected chi connectivity index (χ2v) is 8.81. The minimum Gasteiger partial charge on any atom is -0.376 e. The Morgan fingerprint density at radius 3 is 2.48 bits per heavy atom. The highest BCUT2D eigenvalue weighted by Crippen LogP contribution is 2.32. The molecular formula is C20H24N4O2S. The van der Waals surface area contributed by atoms with Crippen molar-refractivity contribution < 1.29 is 8.42 Å². The number of nitrogens with one attached hydrogen (secondary N) is 1. The van der Waals surface area contributed by atoms with Gasteiger partial charge in [-0.15, -0.1) is 0 Å². The minimum atomic E-state index is -3.30. The Balaban J connectivity index is 2.14. The van der Waals surface area contributed by atoms with E-state index in [-0.39, 0.29) is 5.75 Å².